The molecule has 1 heterocycles. The summed E-state index contributed by atoms with van der Waals surface area (Å²) < 4.78 is 13.1. The van der Waals surface area contributed by atoms with Crippen molar-refractivity contribution in [1.82, 2.24) is 19.4 Å². The Morgan fingerprint density at radius 2 is 1.68 bits per heavy atom. The molecule has 0 bridgehead atoms. The highest BCUT2D eigenvalue weighted by Crippen LogP contribution is 2.38. The van der Waals surface area contributed by atoms with Crippen LogP contribution in [0.2, 0.25) is 5.02 Å². The van der Waals surface area contributed by atoms with Gasteiger partial charge in [0.05, 0.1) is 42.4 Å². The van der Waals surface area contributed by atoms with E-state index in [4.69, 9.17) is 26.1 Å². The molecule has 8 heteroatoms. The summed E-state index contributed by atoms with van der Waals surface area (Å²) in [7, 11) is 5.20. The topological polar surface area (TPSA) is 59.8 Å². The van der Waals surface area contributed by atoms with Crippen molar-refractivity contribution < 1.29 is 14.3 Å². The van der Waals surface area contributed by atoms with Gasteiger partial charge < -0.3 is 23.8 Å². The summed E-state index contributed by atoms with van der Waals surface area (Å²) >= 11 is 6.69. The molecule has 0 aliphatic rings. The van der Waals surface area contributed by atoms with Gasteiger partial charge in [-0.1, -0.05) is 68.8 Å². The fourth-order valence-corrected chi connectivity index (χ4v) is 5.24. The minimum atomic E-state index is -0.167. The van der Waals surface area contributed by atoms with Gasteiger partial charge in [0.25, 0.3) is 5.91 Å². The van der Waals surface area contributed by atoms with E-state index >= 15 is 0 Å². The van der Waals surface area contributed by atoms with E-state index in [9.17, 15) is 4.79 Å². The van der Waals surface area contributed by atoms with E-state index in [1.165, 1.54) is 18.2 Å². The Balaban J connectivity index is 1.75. The lowest BCUT2D eigenvalue weighted by atomic mass is 10.1. The standard InChI is InChI=1S/C33H41ClN4O3/c1-7-36(4)20-24-12-8-9-13-25(24)21-38-28-15-11-10-14-27(28)35-30(38)22-37(19-18-23(2)3)33(39)26-16-17-29(40-5)32(41-6)31(26)34/h8-17,23H,7,18-22H2,1-6H3. The minimum absolute atomic E-state index is 0.167. The fraction of sp³-hybridized carbons (Fsp3) is 0.394. The predicted octanol–water partition coefficient (Wildman–Crippen LogP) is 6.90. The Morgan fingerprint density at radius 3 is 2.37 bits per heavy atom. The summed E-state index contributed by atoms with van der Waals surface area (Å²) in [5.74, 6) is 1.92. The molecular weight excluding hydrogens is 536 g/mol. The van der Waals surface area contributed by atoms with Crippen LogP contribution >= 0.6 is 11.6 Å². The number of para-hydroxylation sites is 2. The molecule has 0 saturated heterocycles. The van der Waals surface area contributed by atoms with Crippen molar-refractivity contribution in [2.24, 2.45) is 5.92 Å². The van der Waals surface area contributed by atoms with Crippen molar-refractivity contribution >= 4 is 28.5 Å². The van der Waals surface area contributed by atoms with Crippen LogP contribution in [0.3, 0.4) is 0 Å². The molecule has 4 rings (SSSR count). The number of imidazole rings is 1. The smallest absolute Gasteiger partial charge is 0.255 e. The quantitative estimate of drug-likeness (QED) is 0.173. The first-order valence-corrected chi connectivity index (χ1v) is 14.5. The van der Waals surface area contributed by atoms with Gasteiger partial charge in [0.2, 0.25) is 0 Å². The highest BCUT2D eigenvalue weighted by Gasteiger charge is 2.25. The van der Waals surface area contributed by atoms with Gasteiger partial charge in [-0.2, -0.15) is 0 Å². The molecule has 41 heavy (non-hydrogen) atoms. The first-order valence-electron chi connectivity index (χ1n) is 14.2. The first-order chi connectivity index (χ1) is 19.8. The van der Waals surface area contributed by atoms with E-state index in [-0.39, 0.29) is 10.9 Å². The molecule has 0 unspecified atom stereocenters. The van der Waals surface area contributed by atoms with E-state index in [2.05, 4.69) is 67.6 Å². The number of carbonyl (C=O) groups is 1. The molecule has 0 N–H and O–H groups in total. The van der Waals surface area contributed by atoms with Gasteiger partial charge in [-0.05, 0) is 61.3 Å². The summed E-state index contributed by atoms with van der Waals surface area (Å²) in [6, 6.07) is 20.1. The molecule has 7 nitrogen and oxygen atoms in total. The maximum Gasteiger partial charge on any atom is 0.255 e. The molecule has 0 fully saturated rings. The van der Waals surface area contributed by atoms with Gasteiger partial charge in [0, 0.05) is 19.6 Å². The number of hydrogen-bond donors (Lipinski definition) is 0. The van der Waals surface area contributed by atoms with Crippen molar-refractivity contribution in [3.8, 4) is 11.5 Å². The van der Waals surface area contributed by atoms with Crippen molar-refractivity contribution in [2.75, 3.05) is 34.4 Å². The summed E-state index contributed by atoms with van der Waals surface area (Å²) in [6.07, 6.45) is 0.850. The SMILES string of the molecule is CCN(C)Cc1ccccc1Cn1c(CN(CCC(C)C)C(=O)c2ccc(OC)c(OC)c2Cl)nc2ccccc21. The molecule has 0 radical (unpaired) electrons. The van der Waals surface area contributed by atoms with E-state index in [1.54, 1.807) is 19.2 Å². The highest BCUT2D eigenvalue weighted by molar-refractivity contribution is 6.35. The normalized spacial score (nSPS) is 11.4. The Hall–Kier alpha value is -3.55. The Kier molecular flexibility index (Phi) is 10.3. The number of benzene rings is 3. The number of amides is 1. The molecule has 4 aromatic rings. The monoisotopic (exact) mass is 576 g/mol. The molecule has 218 valence electrons. The fourth-order valence-electron chi connectivity index (χ4n) is 4.92. The van der Waals surface area contributed by atoms with Gasteiger partial charge in [0.1, 0.15) is 5.82 Å². The number of hydrogen-bond acceptors (Lipinski definition) is 5. The van der Waals surface area contributed by atoms with Gasteiger partial charge in [0.15, 0.2) is 11.5 Å². The van der Waals surface area contributed by atoms with E-state index in [0.717, 1.165) is 36.4 Å². The van der Waals surface area contributed by atoms with Crippen LogP contribution < -0.4 is 9.47 Å². The van der Waals surface area contributed by atoms with Gasteiger partial charge in [-0.25, -0.2) is 4.98 Å². The number of rotatable bonds is 13. The predicted molar refractivity (Wildman–Crippen MR) is 166 cm³/mol. The highest BCUT2D eigenvalue weighted by atomic mass is 35.5. The first kappa shape index (κ1) is 30.4. The van der Waals surface area contributed by atoms with Crippen LogP contribution in [0.1, 0.15) is 54.5 Å². The van der Waals surface area contributed by atoms with Crippen molar-refractivity contribution in [3.63, 3.8) is 0 Å². The van der Waals surface area contributed by atoms with E-state index in [1.807, 2.05) is 23.1 Å². The second-order valence-corrected chi connectivity index (χ2v) is 11.2. The van der Waals surface area contributed by atoms with Crippen LogP contribution in [-0.2, 0) is 19.6 Å². The summed E-state index contributed by atoms with van der Waals surface area (Å²) in [6.45, 7) is 9.90. The number of nitrogens with zero attached hydrogens (tertiary/aromatic N) is 4. The van der Waals surface area contributed by atoms with Crippen LogP contribution in [0, 0.1) is 5.92 Å². The Bertz CT molecular complexity index is 1480. The average molecular weight is 577 g/mol. The van der Waals surface area contributed by atoms with E-state index < -0.39 is 0 Å². The third kappa shape index (κ3) is 7.03. The van der Waals surface area contributed by atoms with Crippen LogP contribution in [-0.4, -0.2) is 59.6 Å². The molecule has 0 saturated carbocycles. The van der Waals surface area contributed by atoms with Crippen molar-refractivity contribution in [3.05, 3.63) is 88.2 Å². The average Bonchev–Trinajstić information content (AvgIpc) is 3.32. The van der Waals surface area contributed by atoms with Gasteiger partial charge >= 0.3 is 0 Å². The molecule has 0 aliphatic carbocycles. The molecule has 0 atom stereocenters. The zero-order valence-electron chi connectivity index (χ0n) is 25.0. The van der Waals surface area contributed by atoms with Crippen LogP contribution in [0.4, 0.5) is 0 Å². The largest absolute Gasteiger partial charge is 0.493 e. The maximum absolute atomic E-state index is 14.0. The zero-order chi connectivity index (χ0) is 29.5. The van der Waals surface area contributed by atoms with Gasteiger partial charge in [-0.3, -0.25) is 4.79 Å². The second kappa shape index (κ2) is 13.9. The third-order valence-corrected chi connectivity index (χ3v) is 7.85. The molecule has 0 spiro atoms. The number of aromatic nitrogens is 2. The number of fused-ring (bicyclic) bond motifs is 1. The molecular formula is C33H41ClN4O3. The number of halogens is 1. The Morgan fingerprint density at radius 1 is 0.976 bits per heavy atom. The third-order valence-electron chi connectivity index (χ3n) is 7.47. The molecule has 3 aromatic carbocycles. The molecule has 0 aliphatic heterocycles. The number of carbonyl (C=O) groups excluding carboxylic acids is 1. The number of methoxy groups -OCH3 is 2. The molecule has 1 amide bonds. The lowest BCUT2D eigenvalue weighted by molar-refractivity contribution is 0.0729. The maximum atomic E-state index is 14.0. The van der Waals surface area contributed by atoms with Gasteiger partial charge in [-0.15, -0.1) is 0 Å². The van der Waals surface area contributed by atoms with Crippen LogP contribution in [0.25, 0.3) is 11.0 Å². The lowest BCUT2D eigenvalue weighted by Gasteiger charge is -2.25. The van der Waals surface area contributed by atoms with Crippen LogP contribution in [0.15, 0.2) is 60.7 Å². The zero-order valence-corrected chi connectivity index (χ0v) is 25.7. The summed E-state index contributed by atoms with van der Waals surface area (Å²) in [5.41, 5.74) is 4.85. The van der Waals surface area contributed by atoms with E-state index in [0.29, 0.717) is 42.6 Å². The summed E-state index contributed by atoms with van der Waals surface area (Å²) in [4.78, 5) is 23.2. The van der Waals surface area contributed by atoms with Crippen LogP contribution in [0.5, 0.6) is 11.5 Å². The molecule has 1 aromatic heterocycles. The second-order valence-electron chi connectivity index (χ2n) is 10.8. The summed E-state index contributed by atoms with van der Waals surface area (Å²) in [5, 5.41) is 0.244. The Labute approximate surface area is 248 Å². The number of ether oxygens (including phenoxy) is 2. The van der Waals surface area contributed by atoms with Crippen molar-refractivity contribution in [2.45, 2.75) is 46.8 Å². The minimum Gasteiger partial charge on any atom is -0.493 e. The lowest BCUT2D eigenvalue weighted by Crippen LogP contribution is -2.33. The van der Waals surface area contributed by atoms with Crippen molar-refractivity contribution in [1.29, 1.82) is 0 Å².